The molecule has 0 spiro atoms. The maximum atomic E-state index is 13.3. The summed E-state index contributed by atoms with van der Waals surface area (Å²) in [6.07, 6.45) is 1.36. The quantitative estimate of drug-likeness (QED) is 0.118. The Labute approximate surface area is 271 Å². The maximum Gasteiger partial charge on any atom is 0.337 e. The molecule has 1 saturated heterocycles. The number of benzene rings is 4. The first-order valence-electron chi connectivity index (χ1n) is 14.6. The molecule has 240 valence electrons. The van der Waals surface area contributed by atoms with Crippen LogP contribution in [0, 0.1) is 0 Å². The minimum atomic E-state index is -0.910. The second kappa shape index (κ2) is 14.8. The van der Waals surface area contributed by atoms with Crippen molar-refractivity contribution < 1.29 is 42.9 Å². The van der Waals surface area contributed by atoms with Crippen LogP contribution in [0.4, 0.5) is 10.5 Å². The van der Waals surface area contributed by atoms with E-state index in [1.54, 1.807) is 18.2 Å². The number of methoxy groups -OCH3 is 2. The van der Waals surface area contributed by atoms with Crippen LogP contribution in [0.3, 0.4) is 0 Å². The van der Waals surface area contributed by atoms with Crippen molar-refractivity contribution >= 4 is 35.6 Å². The summed E-state index contributed by atoms with van der Waals surface area (Å²) in [5.74, 6) is -0.232. The number of nitrogens with one attached hydrogen (secondary N) is 1. The number of nitrogens with zero attached hydrogens (tertiary/aromatic N) is 1. The predicted octanol–water partition coefficient (Wildman–Crippen LogP) is 5.70. The molecule has 47 heavy (non-hydrogen) atoms. The van der Waals surface area contributed by atoms with Crippen LogP contribution in [-0.4, -0.2) is 44.6 Å². The zero-order chi connectivity index (χ0) is 33.3. The molecular weight excluding hydrogens is 604 g/mol. The first-order valence-corrected chi connectivity index (χ1v) is 14.6. The molecule has 11 nitrogen and oxygen atoms in total. The fraction of sp³-hybridized carbons (Fsp3) is 0.167. The highest BCUT2D eigenvalue weighted by Gasteiger charge is 2.37. The van der Waals surface area contributed by atoms with E-state index in [2.05, 4.69) is 10.1 Å². The van der Waals surface area contributed by atoms with E-state index in [0.29, 0.717) is 41.8 Å². The molecule has 4 aromatic carbocycles. The Morgan fingerprint density at radius 3 is 2.11 bits per heavy atom. The lowest BCUT2D eigenvalue weighted by Crippen LogP contribution is -2.54. The fourth-order valence-electron chi connectivity index (χ4n) is 4.74. The molecule has 0 radical (unpaired) electrons. The van der Waals surface area contributed by atoms with Gasteiger partial charge in [0.2, 0.25) is 0 Å². The highest BCUT2D eigenvalue weighted by molar-refractivity contribution is 6.39. The van der Waals surface area contributed by atoms with Gasteiger partial charge in [-0.3, -0.25) is 14.9 Å². The number of amides is 4. The first-order chi connectivity index (χ1) is 22.8. The second-order valence-electron chi connectivity index (χ2n) is 10.2. The lowest BCUT2D eigenvalue weighted by Gasteiger charge is -2.26. The van der Waals surface area contributed by atoms with E-state index in [9.17, 15) is 19.2 Å². The van der Waals surface area contributed by atoms with Gasteiger partial charge in [0.25, 0.3) is 11.8 Å². The van der Waals surface area contributed by atoms with Gasteiger partial charge in [0.1, 0.15) is 18.8 Å². The minimum Gasteiger partial charge on any atom is -0.493 e. The number of esters is 1. The molecule has 4 aromatic rings. The van der Waals surface area contributed by atoms with Gasteiger partial charge in [0.15, 0.2) is 23.0 Å². The molecule has 0 saturated carbocycles. The minimum absolute atomic E-state index is 0.170. The summed E-state index contributed by atoms with van der Waals surface area (Å²) in [7, 11) is 2.72. The summed E-state index contributed by atoms with van der Waals surface area (Å²) >= 11 is 0. The maximum absolute atomic E-state index is 13.3. The lowest BCUT2D eigenvalue weighted by atomic mass is 10.1. The average Bonchev–Trinajstić information content (AvgIpc) is 3.09. The monoisotopic (exact) mass is 636 g/mol. The molecule has 1 aliphatic rings. The Morgan fingerprint density at radius 1 is 0.745 bits per heavy atom. The number of rotatable bonds is 12. The Morgan fingerprint density at radius 2 is 1.43 bits per heavy atom. The highest BCUT2D eigenvalue weighted by atomic mass is 16.5. The van der Waals surface area contributed by atoms with Crippen LogP contribution in [0.1, 0.15) is 34.0 Å². The van der Waals surface area contributed by atoms with E-state index >= 15 is 0 Å². The number of ether oxygens (including phenoxy) is 5. The molecule has 0 aromatic heterocycles. The van der Waals surface area contributed by atoms with Gasteiger partial charge in [0.05, 0.1) is 32.1 Å². The van der Waals surface area contributed by atoms with Crippen LogP contribution in [0.25, 0.3) is 6.08 Å². The normalized spacial score (nSPS) is 13.6. The van der Waals surface area contributed by atoms with Crippen LogP contribution < -0.4 is 29.2 Å². The summed E-state index contributed by atoms with van der Waals surface area (Å²) in [5.41, 5.74) is 2.48. The van der Waals surface area contributed by atoms with Gasteiger partial charge < -0.3 is 23.7 Å². The smallest absolute Gasteiger partial charge is 0.337 e. The van der Waals surface area contributed by atoms with Gasteiger partial charge in [-0.15, -0.1) is 0 Å². The molecule has 1 aliphatic heterocycles. The molecule has 1 heterocycles. The summed E-state index contributed by atoms with van der Waals surface area (Å²) in [4.78, 5) is 51.2. The zero-order valence-electron chi connectivity index (χ0n) is 26.0. The molecule has 0 aliphatic carbocycles. The van der Waals surface area contributed by atoms with Crippen molar-refractivity contribution in [2.24, 2.45) is 0 Å². The number of imide groups is 2. The van der Waals surface area contributed by atoms with E-state index < -0.39 is 23.8 Å². The highest BCUT2D eigenvalue weighted by Crippen LogP contribution is 2.33. The number of hydrogen-bond acceptors (Lipinski definition) is 9. The van der Waals surface area contributed by atoms with Crippen LogP contribution in [0.2, 0.25) is 0 Å². The third-order valence-corrected chi connectivity index (χ3v) is 7.09. The lowest BCUT2D eigenvalue weighted by molar-refractivity contribution is -0.122. The van der Waals surface area contributed by atoms with Crippen LogP contribution in [0.5, 0.6) is 23.0 Å². The number of carbonyl (C=O) groups excluding carboxylic acids is 4. The summed E-state index contributed by atoms with van der Waals surface area (Å²) in [6.45, 7) is 2.96. The van der Waals surface area contributed by atoms with Crippen molar-refractivity contribution in [3.8, 4) is 23.0 Å². The van der Waals surface area contributed by atoms with Gasteiger partial charge >= 0.3 is 12.0 Å². The Balaban J connectivity index is 1.30. The zero-order valence-corrected chi connectivity index (χ0v) is 26.0. The molecular formula is C36H32N2O9. The van der Waals surface area contributed by atoms with Gasteiger partial charge in [-0.2, -0.15) is 0 Å². The largest absolute Gasteiger partial charge is 0.493 e. The number of anilines is 1. The van der Waals surface area contributed by atoms with E-state index in [1.165, 1.54) is 44.6 Å². The average molecular weight is 637 g/mol. The summed E-state index contributed by atoms with van der Waals surface area (Å²) < 4.78 is 28.1. The molecule has 5 rings (SSSR count). The van der Waals surface area contributed by atoms with Crippen molar-refractivity contribution in [2.45, 2.75) is 20.1 Å². The van der Waals surface area contributed by atoms with Gasteiger partial charge in [-0.05, 0) is 78.2 Å². The first kappa shape index (κ1) is 32.3. The van der Waals surface area contributed by atoms with Crippen molar-refractivity contribution in [3.63, 3.8) is 0 Å². The summed E-state index contributed by atoms with van der Waals surface area (Å²) in [5, 5.41) is 2.18. The molecule has 1 fully saturated rings. The topological polar surface area (TPSA) is 130 Å². The van der Waals surface area contributed by atoms with Crippen LogP contribution >= 0.6 is 0 Å². The van der Waals surface area contributed by atoms with Gasteiger partial charge in [0, 0.05) is 0 Å². The van der Waals surface area contributed by atoms with Gasteiger partial charge in [-0.25, -0.2) is 14.5 Å². The van der Waals surface area contributed by atoms with Gasteiger partial charge in [-0.1, -0.05) is 42.5 Å². The van der Waals surface area contributed by atoms with E-state index in [1.807, 2.05) is 55.5 Å². The molecule has 11 heteroatoms. The van der Waals surface area contributed by atoms with Crippen molar-refractivity contribution in [1.82, 2.24) is 5.32 Å². The van der Waals surface area contributed by atoms with E-state index in [-0.39, 0.29) is 23.4 Å². The number of hydrogen-bond donors (Lipinski definition) is 1. The Bertz CT molecular complexity index is 1820. The van der Waals surface area contributed by atoms with E-state index in [0.717, 1.165) is 16.0 Å². The van der Waals surface area contributed by atoms with Crippen molar-refractivity contribution in [1.29, 1.82) is 0 Å². The SMILES string of the molecule is CCOc1cc(COc2ccc(/C=C3/C(=O)NC(=O)N(c4ccc(C(=O)OC)cc4)C3=O)cc2OC)ccc1OCc1ccccc1. The van der Waals surface area contributed by atoms with Crippen molar-refractivity contribution in [3.05, 3.63) is 119 Å². The standard InChI is InChI=1S/C36H32N2O9/c1-4-45-32-20-25(11-17-30(32)46-21-23-8-6-5-7-9-23)22-47-29-16-10-24(19-31(29)43-2)18-28-33(39)37-36(42)38(34(28)40)27-14-12-26(13-15-27)35(41)44-3/h5-20H,4,21-22H2,1-3H3,(H,37,39,42)/b28-18-. The molecule has 0 atom stereocenters. The third kappa shape index (κ3) is 7.59. The Hall–Kier alpha value is -6.10. The Kier molecular flexibility index (Phi) is 10.2. The van der Waals surface area contributed by atoms with Crippen LogP contribution in [0.15, 0.2) is 96.6 Å². The molecule has 0 unspecified atom stereocenters. The summed E-state index contributed by atoms with van der Waals surface area (Å²) in [6, 6.07) is 25.1. The fourth-order valence-corrected chi connectivity index (χ4v) is 4.74. The molecule has 4 amide bonds. The second-order valence-corrected chi connectivity index (χ2v) is 10.2. The van der Waals surface area contributed by atoms with E-state index in [4.69, 9.17) is 18.9 Å². The molecule has 1 N–H and O–H groups in total. The number of barbiturate groups is 1. The third-order valence-electron chi connectivity index (χ3n) is 7.09. The predicted molar refractivity (Wildman–Crippen MR) is 172 cm³/mol. The van der Waals surface area contributed by atoms with Crippen molar-refractivity contribution in [2.75, 3.05) is 25.7 Å². The number of carbonyl (C=O) groups is 4. The van der Waals surface area contributed by atoms with Crippen LogP contribution in [-0.2, 0) is 27.5 Å². The molecule has 0 bridgehead atoms. The number of urea groups is 1.